The van der Waals surface area contributed by atoms with Gasteiger partial charge in [0.15, 0.2) is 0 Å². The molecule has 0 saturated heterocycles. The minimum absolute atomic E-state index is 0.0710. The van der Waals surface area contributed by atoms with Gasteiger partial charge in [0.1, 0.15) is 17.7 Å². The van der Waals surface area contributed by atoms with Crippen molar-refractivity contribution in [1.82, 2.24) is 0 Å². The monoisotopic (exact) mass is 268 g/mol. The van der Waals surface area contributed by atoms with Gasteiger partial charge in [-0.1, -0.05) is 0 Å². The second-order valence-corrected chi connectivity index (χ2v) is 5.12. The zero-order chi connectivity index (χ0) is 13.8. The van der Waals surface area contributed by atoms with E-state index in [1.54, 1.807) is 20.1 Å². The molecular weight excluding hydrogens is 247 g/mol. The first-order valence-electron chi connectivity index (χ1n) is 6.77. The van der Waals surface area contributed by atoms with Gasteiger partial charge in [0.2, 0.25) is 0 Å². The Kier molecular flexibility index (Phi) is 4.77. The van der Waals surface area contributed by atoms with Crippen molar-refractivity contribution in [3.8, 4) is 5.75 Å². The van der Waals surface area contributed by atoms with Crippen LogP contribution in [0.25, 0.3) is 0 Å². The molecular formula is C15H21FO3. The van der Waals surface area contributed by atoms with Gasteiger partial charge in [0, 0.05) is 19.1 Å². The summed E-state index contributed by atoms with van der Waals surface area (Å²) in [6.45, 7) is 1.61. The molecule has 1 aromatic carbocycles. The molecule has 1 fully saturated rings. The van der Waals surface area contributed by atoms with E-state index >= 15 is 0 Å². The molecule has 3 atom stereocenters. The molecule has 3 nitrogen and oxygen atoms in total. The Morgan fingerprint density at radius 1 is 1.32 bits per heavy atom. The first-order valence-corrected chi connectivity index (χ1v) is 6.77. The number of hydrogen-bond acceptors (Lipinski definition) is 3. The van der Waals surface area contributed by atoms with Gasteiger partial charge in [-0.2, -0.15) is 0 Å². The van der Waals surface area contributed by atoms with Crippen LogP contribution in [-0.4, -0.2) is 24.4 Å². The van der Waals surface area contributed by atoms with E-state index in [2.05, 4.69) is 0 Å². The maximum Gasteiger partial charge on any atom is 0.125 e. The molecule has 1 saturated carbocycles. The second-order valence-electron chi connectivity index (χ2n) is 5.12. The van der Waals surface area contributed by atoms with E-state index in [0.717, 1.165) is 25.7 Å². The van der Waals surface area contributed by atoms with Crippen molar-refractivity contribution in [1.29, 1.82) is 0 Å². The van der Waals surface area contributed by atoms with Crippen molar-refractivity contribution in [3.05, 3.63) is 29.6 Å². The summed E-state index contributed by atoms with van der Waals surface area (Å²) in [5.74, 6) is 0.208. The van der Waals surface area contributed by atoms with Crippen LogP contribution >= 0.6 is 0 Å². The maximum atomic E-state index is 13.2. The lowest BCUT2D eigenvalue weighted by atomic mass is 9.94. The summed E-state index contributed by atoms with van der Waals surface area (Å²) >= 11 is 0. The van der Waals surface area contributed by atoms with Gasteiger partial charge < -0.3 is 14.6 Å². The van der Waals surface area contributed by atoms with Crippen LogP contribution < -0.4 is 4.74 Å². The van der Waals surface area contributed by atoms with E-state index in [4.69, 9.17) is 9.47 Å². The molecule has 2 unspecified atom stereocenters. The highest BCUT2D eigenvalue weighted by Crippen LogP contribution is 2.30. The number of aliphatic hydroxyl groups is 1. The van der Waals surface area contributed by atoms with Gasteiger partial charge in [-0.15, -0.1) is 0 Å². The summed E-state index contributed by atoms with van der Waals surface area (Å²) in [4.78, 5) is 0. The lowest BCUT2D eigenvalue weighted by Gasteiger charge is -2.29. The second kappa shape index (κ2) is 6.35. The number of halogens is 1. The Morgan fingerprint density at radius 2 is 2.05 bits per heavy atom. The fraction of sp³-hybridized carbons (Fsp3) is 0.600. The largest absolute Gasteiger partial charge is 0.490 e. The Hall–Kier alpha value is -1.13. The van der Waals surface area contributed by atoms with Crippen molar-refractivity contribution in [3.63, 3.8) is 0 Å². The number of ether oxygens (including phenoxy) is 2. The molecule has 0 aromatic heterocycles. The SMILES string of the molecule is COC1CCCC(Oc2ccc(F)cc2[C@@H](C)O)C1. The standard InChI is InChI=1S/C15H21FO3/c1-10(17)14-8-11(16)6-7-15(14)19-13-5-3-4-12(9-13)18-2/h6-8,10,12-13,17H,3-5,9H2,1-2H3/t10-,12?,13?/m1/s1. The minimum atomic E-state index is -0.743. The third-order valence-electron chi connectivity index (χ3n) is 3.63. The molecule has 1 N–H and O–H groups in total. The van der Waals surface area contributed by atoms with Gasteiger partial charge in [-0.05, 0) is 44.4 Å². The van der Waals surface area contributed by atoms with E-state index in [0.29, 0.717) is 11.3 Å². The normalized spacial score (nSPS) is 25.1. The minimum Gasteiger partial charge on any atom is -0.490 e. The predicted octanol–water partition coefficient (Wildman–Crippen LogP) is 3.22. The van der Waals surface area contributed by atoms with Crippen molar-refractivity contribution < 1.29 is 19.0 Å². The lowest BCUT2D eigenvalue weighted by molar-refractivity contribution is 0.0199. The van der Waals surface area contributed by atoms with E-state index in [-0.39, 0.29) is 18.0 Å². The molecule has 0 amide bonds. The average molecular weight is 268 g/mol. The van der Waals surface area contributed by atoms with E-state index in [1.165, 1.54) is 12.1 Å². The smallest absolute Gasteiger partial charge is 0.125 e. The zero-order valence-electron chi connectivity index (χ0n) is 11.4. The van der Waals surface area contributed by atoms with E-state index in [9.17, 15) is 9.50 Å². The highest BCUT2D eigenvalue weighted by Gasteiger charge is 2.24. The Morgan fingerprint density at radius 3 is 2.74 bits per heavy atom. The summed E-state index contributed by atoms with van der Waals surface area (Å²) in [5.41, 5.74) is 0.500. The third-order valence-corrected chi connectivity index (χ3v) is 3.63. The maximum absolute atomic E-state index is 13.2. The number of aliphatic hydroxyl groups excluding tert-OH is 1. The van der Waals surface area contributed by atoms with Gasteiger partial charge in [-0.25, -0.2) is 4.39 Å². The molecule has 19 heavy (non-hydrogen) atoms. The van der Waals surface area contributed by atoms with Crippen LogP contribution in [0.3, 0.4) is 0 Å². The zero-order valence-corrected chi connectivity index (χ0v) is 11.4. The Labute approximate surface area is 113 Å². The summed E-state index contributed by atoms with van der Waals surface area (Å²) < 4.78 is 24.5. The van der Waals surface area contributed by atoms with Crippen LogP contribution in [0.15, 0.2) is 18.2 Å². The van der Waals surface area contributed by atoms with Gasteiger partial charge in [0.25, 0.3) is 0 Å². The highest BCUT2D eigenvalue weighted by molar-refractivity contribution is 5.35. The molecule has 1 aliphatic rings. The molecule has 1 aromatic rings. The van der Waals surface area contributed by atoms with Crippen LogP contribution in [-0.2, 0) is 4.74 Å². The quantitative estimate of drug-likeness (QED) is 0.911. The predicted molar refractivity (Wildman–Crippen MR) is 70.7 cm³/mol. The number of hydrogen-bond donors (Lipinski definition) is 1. The number of rotatable bonds is 4. The number of benzene rings is 1. The fourth-order valence-corrected chi connectivity index (χ4v) is 2.56. The molecule has 0 heterocycles. The van der Waals surface area contributed by atoms with Crippen molar-refractivity contribution >= 4 is 0 Å². The molecule has 4 heteroatoms. The lowest BCUT2D eigenvalue weighted by Crippen LogP contribution is -2.29. The van der Waals surface area contributed by atoms with Crippen LogP contribution in [0.4, 0.5) is 4.39 Å². The molecule has 106 valence electrons. The Balaban J connectivity index is 2.10. The molecule has 0 spiro atoms. The van der Waals surface area contributed by atoms with Gasteiger partial charge in [-0.3, -0.25) is 0 Å². The number of methoxy groups -OCH3 is 1. The first kappa shape index (κ1) is 14.3. The molecule has 0 radical (unpaired) electrons. The van der Waals surface area contributed by atoms with Crippen LogP contribution in [0.5, 0.6) is 5.75 Å². The summed E-state index contributed by atoms with van der Waals surface area (Å²) in [6.07, 6.45) is 3.49. The van der Waals surface area contributed by atoms with E-state index < -0.39 is 6.10 Å². The first-order chi connectivity index (χ1) is 9.10. The molecule has 2 rings (SSSR count). The van der Waals surface area contributed by atoms with Crippen LogP contribution in [0.2, 0.25) is 0 Å². The third kappa shape index (κ3) is 3.67. The van der Waals surface area contributed by atoms with Crippen molar-refractivity contribution in [2.75, 3.05) is 7.11 Å². The summed E-state index contributed by atoms with van der Waals surface area (Å²) in [6, 6.07) is 4.28. The fourth-order valence-electron chi connectivity index (χ4n) is 2.56. The topological polar surface area (TPSA) is 38.7 Å². The molecule has 0 aliphatic heterocycles. The summed E-state index contributed by atoms with van der Waals surface area (Å²) in [5, 5.41) is 9.69. The highest BCUT2D eigenvalue weighted by atomic mass is 19.1. The molecule has 0 bridgehead atoms. The van der Waals surface area contributed by atoms with Crippen LogP contribution in [0.1, 0.15) is 44.3 Å². The summed E-state index contributed by atoms with van der Waals surface area (Å²) in [7, 11) is 1.71. The van der Waals surface area contributed by atoms with Gasteiger partial charge >= 0.3 is 0 Å². The van der Waals surface area contributed by atoms with Crippen molar-refractivity contribution in [2.45, 2.75) is 50.9 Å². The Bertz CT molecular complexity index is 420. The van der Waals surface area contributed by atoms with E-state index in [1.807, 2.05) is 0 Å². The average Bonchev–Trinajstić information content (AvgIpc) is 2.41. The van der Waals surface area contributed by atoms with Gasteiger partial charge in [0.05, 0.1) is 12.2 Å². The van der Waals surface area contributed by atoms with Crippen LogP contribution in [0, 0.1) is 5.82 Å². The molecule has 1 aliphatic carbocycles. The van der Waals surface area contributed by atoms with Crippen molar-refractivity contribution in [2.24, 2.45) is 0 Å².